The molecule has 1 N–H and O–H groups in total. The van der Waals surface area contributed by atoms with E-state index in [0.29, 0.717) is 12.0 Å². The van der Waals surface area contributed by atoms with E-state index in [1.807, 2.05) is 30.1 Å². The van der Waals surface area contributed by atoms with Gasteiger partial charge >= 0.3 is 0 Å². The Morgan fingerprint density at radius 2 is 2.11 bits per heavy atom. The molecular formula is C16H24N2O. The van der Waals surface area contributed by atoms with Crippen molar-refractivity contribution in [2.24, 2.45) is 0 Å². The summed E-state index contributed by atoms with van der Waals surface area (Å²) in [4.78, 5) is 14.6. The summed E-state index contributed by atoms with van der Waals surface area (Å²) in [6.07, 6.45) is 2.24. The SMILES string of the molecule is CC(C)c1ccccc1C(=O)N(C)C1CCCNC1. The molecule has 104 valence electrons. The molecule has 3 heteroatoms. The lowest BCUT2D eigenvalue weighted by atomic mass is 9.95. The van der Waals surface area contributed by atoms with Gasteiger partial charge in [-0.2, -0.15) is 0 Å². The van der Waals surface area contributed by atoms with Crippen LogP contribution in [-0.2, 0) is 0 Å². The van der Waals surface area contributed by atoms with Crippen molar-refractivity contribution in [3.8, 4) is 0 Å². The Morgan fingerprint density at radius 1 is 1.37 bits per heavy atom. The molecule has 3 nitrogen and oxygen atoms in total. The van der Waals surface area contributed by atoms with Crippen molar-refractivity contribution in [1.29, 1.82) is 0 Å². The van der Waals surface area contributed by atoms with Gasteiger partial charge < -0.3 is 10.2 Å². The van der Waals surface area contributed by atoms with Gasteiger partial charge in [0.2, 0.25) is 0 Å². The molecule has 1 saturated heterocycles. The number of likely N-dealkylation sites (N-methyl/N-ethyl adjacent to an activating group) is 1. The first-order chi connectivity index (χ1) is 9.11. The van der Waals surface area contributed by atoms with Gasteiger partial charge in [-0.3, -0.25) is 4.79 Å². The molecule has 1 atom stereocenters. The van der Waals surface area contributed by atoms with E-state index in [0.717, 1.165) is 37.1 Å². The Balaban J connectivity index is 2.18. The Bertz CT molecular complexity index is 436. The number of carbonyl (C=O) groups is 1. The number of benzene rings is 1. The van der Waals surface area contributed by atoms with Gasteiger partial charge in [0, 0.05) is 25.2 Å². The molecule has 0 aliphatic carbocycles. The Kier molecular flexibility index (Phi) is 4.59. The van der Waals surface area contributed by atoms with Gasteiger partial charge in [-0.25, -0.2) is 0 Å². The normalized spacial score (nSPS) is 19.5. The number of nitrogens with zero attached hydrogens (tertiary/aromatic N) is 1. The summed E-state index contributed by atoms with van der Waals surface area (Å²) in [6.45, 7) is 6.25. The quantitative estimate of drug-likeness (QED) is 0.906. The molecule has 1 heterocycles. The molecule has 1 fully saturated rings. The average Bonchev–Trinajstić information content (AvgIpc) is 2.46. The fraction of sp³-hybridized carbons (Fsp3) is 0.562. The number of hydrogen-bond acceptors (Lipinski definition) is 2. The summed E-state index contributed by atoms with van der Waals surface area (Å²) in [6, 6.07) is 8.29. The summed E-state index contributed by atoms with van der Waals surface area (Å²) < 4.78 is 0. The lowest BCUT2D eigenvalue weighted by Crippen LogP contribution is -2.46. The van der Waals surface area contributed by atoms with Crippen LogP contribution in [0.2, 0.25) is 0 Å². The number of nitrogens with one attached hydrogen (secondary N) is 1. The maximum atomic E-state index is 12.7. The predicted molar refractivity (Wildman–Crippen MR) is 78.5 cm³/mol. The van der Waals surface area contributed by atoms with Gasteiger partial charge in [0.05, 0.1) is 0 Å². The highest BCUT2D eigenvalue weighted by atomic mass is 16.2. The highest BCUT2D eigenvalue weighted by Gasteiger charge is 2.24. The van der Waals surface area contributed by atoms with E-state index in [1.54, 1.807) is 0 Å². The number of rotatable bonds is 3. The maximum absolute atomic E-state index is 12.7. The third-order valence-corrected chi connectivity index (χ3v) is 3.95. The van der Waals surface area contributed by atoms with Crippen molar-refractivity contribution in [3.63, 3.8) is 0 Å². The molecule has 19 heavy (non-hydrogen) atoms. The first kappa shape index (κ1) is 14.1. The minimum atomic E-state index is 0.151. The van der Waals surface area contributed by atoms with Crippen LogP contribution in [0.1, 0.15) is 48.5 Å². The standard InChI is InChI=1S/C16H24N2O/c1-12(2)14-8-4-5-9-15(14)16(19)18(3)13-7-6-10-17-11-13/h4-5,8-9,12-13,17H,6-7,10-11H2,1-3H3. The average molecular weight is 260 g/mol. The van der Waals surface area contributed by atoms with Gasteiger partial charge in [-0.15, -0.1) is 0 Å². The minimum Gasteiger partial charge on any atom is -0.337 e. The first-order valence-corrected chi connectivity index (χ1v) is 7.18. The van der Waals surface area contributed by atoms with Crippen LogP contribution in [0.5, 0.6) is 0 Å². The molecule has 1 aliphatic rings. The highest BCUT2D eigenvalue weighted by Crippen LogP contribution is 2.21. The fourth-order valence-corrected chi connectivity index (χ4v) is 2.72. The zero-order valence-electron chi connectivity index (χ0n) is 12.1. The number of amides is 1. The lowest BCUT2D eigenvalue weighted by molar-refractivity contribution is 0.0707. The van der Waals surface area contributed by atoms with Crippen LogP contribution >= 0.6 is 0 Å². The van der Waals surface area contributed by atoms with Gasteiger partial charge in [0.1, 0.15) is 0 Å². The van der Waals surface area contributed by atoms with Gasteiger partial charge in [0.25, 0.3) is 5.91 Å². The van der Waals surface area contributed by atoms with Crippen LogP contribution in [0.25, 0.3) is 0 Å². The second kappa shape index (κ2) is 6.20. The molecule has 1 unspecified atom stereocenters. The van der Waals surface area contributed by atoms with Crippen LogP contribution in [0.4, 0.5) is 0 Å². The van der Waals surface area contributed by atoms with Crippen molar-refractivity contribution >= 4 is 5.91 Å². The Labute approximate surface area is 116 Å². The van der Waals surface area contributed by atoms with E-state index in [1.165, 1.54) is 0 Å². The van der Waals surface area contributed by atoms with E-state index in [4.69, 9.17) is 0 Å². The van der Waals surface area contributed by atoms with Gasteiger partial charge in [-0.1, -0.05) is 32.0 Å². The summed E-state index contributed by atoms with van der Waals surface area (Å²) >= 11 is 0. The second-order valence-corrected chi connectivity index (χ2v) is 5.66. The third-order valence-electron chi connectivity index (χ3n) is 3.95. The molecular weight excluding hydrogens is 236 g/mol. The molecule has 0 spiro atoms. The van der Waals surface area contributed by atoms with Crippen LogP contribution < -0.4 is 5.32 Å². The number of carbonyl (C=O) groups excluding carboxylic acids is 1. The van der Waals surface area contributed by atoms with Crippen molar-refractivity contribution in [1.82, 2.24) is 10.2 Å². The molecule has 0 radical (unpaired) electrons. The third kappa shape index (κ3) is 3.16. The molecule has 0 bridgehead atoms. The molecule has 1 aromatic rings. The zero-order valence-corrected chi connectivity index (χ0v) is 12.1. The smallest absolute Gasteiger partial charge is 0.254 e. The van der Waals surface area contributed by atoms with E-state index in [-0.39, 0.29) is 5.91 Å². The molecule has 2 rings (SSSR count). The zero-order chi connectivity index (χ0) is 13.8. The monoisotopic (exact) mass is 260 g/mol. The summed E-state index contributed by atoms with van der Waals surface area (Å²) in [7, 11) is 1.93. The number of piperidine rings is 1. The lowest BCUT2D eigenvalue weighted by Gasteiger charge is -2.32. The van der Waals surface area contributed by atoms with E-state index < -0.39 is 0 Å². The summed E-state index contributed by atoms with van der Waals surface area (Å²) in [5.41, 5.74) is 1.99. The van der Waals surface area contributed by atoms with E-state index >= 15 is 0 Å². The van der Waals surface area contributed by atoms with Gasteiger partial charge in [0.15, 0.2) is 0 Å². The van der Waals surface area contributed by atoms with E-state index in [2.05, 4.69) is 25.2 Å². The topological polar surface area (TPSA) is 32.3 Å². The summed E-state index contributed by atoms with van der Waals surface area (Å²) in [5, 5.41) is 3.37. The molecule has 1 aromatic carbocycles. The first-order valence-electron chi connectivity index (χ1n) is 7.18. The fourth-order valence-electron chi connectivity index (χ4n) is 2.72. The van der Waals surface area contributed by atoms with Gasteiger partial charge in [-0.05, 0) is 36.9 Å². The number of hydrogen-bond donors (Lipinski definition) is 1. The van der Waals surface area contributed by atoms with Crippen molar-refractivity contribution in [2.75, 3.05) is 20.1 Å². The van der Waals surface area contributed by atoms with Crippen molar-refractivity contribution in [3.05, 3.63) is 35.4 Å². The Hall–Kier alpha value is -1.35. The maximum Gasteiger partial charge on any atom is 0.254 e. The minimum absolute atomic E-state index is 0.151. The molecule has 1 amide bonds. The van der Waals surface area contributed by atoms with Crippen LogP contribution in [0.3, 0.4) is 0 Å². The predicted octanol–water partition coefficient (Wildman–Crippen LogP) is 2.63. The largest absolute Gasteiger partial charge is 0.337 e. The highest BCUT2D eigenvalue weighted by molar-refractivity contribution is 5.96. The molecule has 0 saturated carbocycles. The van der Waals surface area contributed by atoms with Crippen LogP contribution in [0.15, 0.2) is 24.3 Å². The molecule has 0 aromatic heterocycles. The van der Waals surface area contributed by atoms with E-state index in [9.17, 15) is 4.79 Å². The molecule has 1 aliphatic heterocycles. The summed E-state index contributed by atoms with van der Waals surface area (Å²) in [5.74, 6) is 0.524. The van der Waals surface area contributed by atoms with Crippen molar-refractivity contribution in [2.45, 2.75) is 38.6 Å². The van der Waals surface area contributed by atoms with Crippen LogP contribution in [-0.4, -0.2) is 37.0 Å². The second-order valence-electron chi connectivity index (χ2n) is 5.66. The van der Waals surface area contributed by atoms with Crippen LogP contribution in [0, 0.1) is 0 Å². The Morgan fingerprint density at radius 3 is 2.74 bits per heavy atom. The van der Waals surface area contributed by atoms with Crippen molar-refractivity contribution < 1.29 is 4.79 Å².